The lowest BCUT2D eigenvalue weighted by Gasteiger charge is -2.39. The Hall–Kier alpha value is -5.61. The molecule has 48 heavy (non-hydrogen) atoms. The van der Waals surface area contributed by atoms with E-state index in [1.54, 1.807) is 46.1 Å². The van der Waals surface area contributed by atoms with Gasteiger partial charge in [-0.3, -0.25) is 9.69 Å². The number of hydrogen-bond donors (Lipinski definition) is 1. The van der Waals surface area contributed by atoms with Crippen molar-refractivity contribution in [2.45, 2.75) is 51.4 Å². The summed E-state index contributed by atoms with van der Waals surface area (Å²) in [6, 6.07) is 15.6. The molecule has 12 nitrogen and oxygen atoms in total. The van der Waals surface area contributed by atoms with Crippen molar-refractivity contribution in [2.24, 2.45) is 0 Å². The van der Waals surface area contributed by atoms with Gasteiger partial charge in [0.05, 0.1) is 18.0 Å². The van der Waals surface area contributed by atoms with Gasteiger partial charge in [-0.2, -0.15) is 10.4 Å². The average molecular weight is 647 g/mol. The number of fused-ring (bicyclic) bond motifs is 2. The Bertz CT molecular complexity index is 2060. The molecule has 0 aliphatic carbocycles. The van der Waals surface area contributed by atoms with E-state index in [9.17, 15) is 10.1 Å². The number of ether oxygens (including phenoxy) is 1. The normalized spacial score (nSPS) is 17.2. The van der Waals surface area contributed by atoms with Gasteiger partial charge >= 0.3 is 0 Å². The van der Waals surface area contributed by atoms with Crippen molar-refractivity contribution in [3.05, 3.63) is 90.5 Å². The van der Waals surface area contributed by atoms with Crippen molar-refractivity contribution in [1.82, 2.24) is 39.1 Å². The summed E-state index contributed by atoms with van der Waals surface area (Å²) in [5.74, 6) is 1.19. The Morgan fingerprint density at radius 3 is 2.73 bits per heavy atom. The third kappa shape index (κ3) is 5.86. The lowest BCUT2D eigenvalue weighted by Crippen LogP contribution is -2.47. The topological polar surface area (TPSA) is 144 Å². The Morgan fingerprint density at radius 1 is 1.10 bits per heavy atom. The minimum Gasteiger partial charge on any atom is -0.457 e. The molecule has 3 aromatic heterocycles. The van der Waals surface area contributed by atoms with E-state index >= 15 is 4.39 Å². The fourth-order valence-corrected chi connectivity index (χ4v) is 6.58. The van der Waals surface area contributed by atoms with Crippen LogP contribution in [0.1, 0.15) is 38.6 Å². The van der Waals surface area contributed by atoms with E-state index in [-0.39, 0.29) is 28.9 Å². The number of nitriles is 1. The molecule has 5 aromatic rings. The number of nitrogens with zero attached hydrogens (tertiary/aromatic N) is 9. The average Bonchev–Trinajstić information content (AvgIpc) is 3.73. The van der Waals surface area contributed by atoms with Gasteiger partial charge in [0.2, 0.25) is 0 Å². The van der Waals surface area contributed by atoms with Crippen LogP contribution in [0.3, 0.4) is 0 Å². The molecule has 5 heterocycles. The number of nitrogen functional groups attached to an aromatic ring is 1. The molecule has 2 aliphatic rings. The molecule has 1 amide bonds. The van der Waals surface area contributed by atoms with Crippen LogP contribution in [0.4, 0.5) is 10.2 Å². The highest BCUT2D eigenvalue weighted by Gasteiger charge is 2.34. The van der Waals surface area contributed by atoms with Gasteiger partial charge in [-0.25, -0.2) is 24.0 Å². The zero-order valence-corrected chi connectivity index (χ0v) is 26.8. The molecule has 13 heteroatoms. The van der Waals surface area contributed by atoms with Gasteiger partial charge in [0.1, 0.15) is 52.6 Å². The van der Waals surface area contributed by atoms with Crippen LogP contribution in [0.15, 0.2) is 78.9 Å². The monoisotopic (exact) mass is 646 g/mol. The number of nitrogens with two attached hydrogens (primary N) is 1. The third-order valence-electron chi connectivity index (χ3n) is 9.13. The summed E-state index contributed by atoms with van der Waals surface area (Å²) in [7, 11) is 0. The Labute approximate surface area is 276 Å². The van der Waals surface area contributed by atoms with Gasteiger partial charge in [-0.05, 0) is 57.0 Å². The van der Waals surface area contributed by atoms with Gasteiger partial charge in [0.25, 0.3) is 5.91 Å². The summed E-state index contributed by atoms with van der Waals surface area (Å²) in [5, 5.41) is 15.4. The van der Waals surface area contributed by atoms with Crippen LogP contribution >= 0.6 is 0 Å². The van der Waals surface area contributed by atoms with Crippen molar-refractivity contribution in [2.75, 3.05) is 25.4 Å². The van der Waals surface area contributed by atoms with Crippen LogP contribution in [-0.4, -0.2) is 70.2 Å². The van der Waals surface area contributed by atoms with Crippen LogP contribution < -0.4 is 10.5 Å². The number of imidazole rings is 1. The number of amides is 1. The number of anilines is 1. The highest BCUT2D eigenvalue weighted by molar-refractivity contribution is 5.99. The molecule has 2 aromatic carbocycles. The zero-order chi connectivity index (χ0) is 33.4. The summed E-state index contributed by atoms with van der Waals surface area (Å²) in [6.07, 6.45) is 8.26. The number of carbonyl (C=O) groups excluding carboxylic acids is 1. The van der Waals surface area contributed by atoms with Crippen molar-refractivity contribution in [3.8, 4) is 28.8 Å². The number of carbonyl (C=O) groups is 1. The standard InChI is InChI=1S/C35H35FN10O2/c1-35(2,45-16-15-43-14-12-39-29(43)21-45)18-23(19-37)34(47)44-13-6-7-24(20-44)46-33-30(32(38)40-22-41-33)31(42-46)27-11-10-26(17-28(27)36)48-25-8-4-3-5-9-25/h3-5,8-12,14,17-18,22,24H,6-7,13,15-16,20-21H2,1-2H3,(H2,38,40,41)/b23-18+/t24-/m1/s1. The highest BCUT2D eigenvalue weighted by atomic mass is 19.1. The van der Waals surface area contributed by atoms with Gasteiger partial charge in [-0.15, -0.1) is 0 Å². The summed E-state index contributed by atoms with van der Waals surface area (Å²) < 4.78 is 25.3. The number of piperidine rings is 1. The Kier molecular flexibility index (Phi) is 8.10. The molecule has 0 spiro atoms. The number of aromatic nitrogens is 6. The second-order valence-electron chi connectivity index (χ2n) is 12.6. The van der Waals surface area contributed by atoms with Gasteiger partial charge in [-0.1, -0.05) is 18.2 Å². The molecule has 1 saturated heterocycles. The molecule has 2 aliphatic heterocycles. The minimum atomic E-state index is -0.555. The van der Waals surface area contributed by atoms with E-state index in [1.807, 2.05) is 38.2 Å². The predicted molar refractivity (Wildman–Crippen MR) is 177 cm³/mol. The fraction of sp³-hybridized carbons (Fsp3) is 0.314. The Morgan fingerprint density at radius 2 is 1.94 bits per heavy atom. The molecule has 1 atom stereocenters. The van der Waals surface area contributed by atoms with Crippen LogP contribution in [0.5, 0.6) is 11.5 Å². The lowest BCUT2D eigenvalue weighted by atomic mass is 9.97. The van der Waals surface area contributed by atoms with E-state index in [1.165, 1.54) is 12.4 Å². The number of likely N-dealkylation sites (tertiary alicyclic amines) is 1. The van der Waals surface area contributed by atoms with Gasteiger partial charge in [0.15, 0.2) is 5.65 Å². The van der Waals surface area contributed by atoms with Crippen LogP contribution in [0, 0.1) is 17.1 Å². The van der Waals surface area contributed by atoms with E-state index < -0.39 is 11.4 Å². The largest absolute Gasteiger partial charge is 0.457 e. The third-order valence-corrected chi connectivity index (χ3v) is 9.13. The van der Waals surface area contributed by atoms with E-state index in [0.29, 0.717) is 60.7 Å². The first-order valence-electron chi connectivity index (χ1n) is 15.9. The van der Waals surface area contributed by atoms with Crippen molar-refractivity contribution >= 4 is 22.8 Å². The zero-order valence-electron chi connectivity index (χ0n) is 26.8. The second kappa shape index (κ2) is 12.5. The molecule has 0 unspecified atom stereocenters. The molecule has 7 rings (SSSR count). The number of halogens is 1. The summed E-state index contributed by atoms with van der Waals surface area (Å²) >= 11 is 0. The van der Waals surface area contributed by atoms with Crippen LogP contribution in [0.2, 0.25) is 0 Å². The molecule has 0 radical (unpaired) electrons. The SMILES string of the molecule is CC(C)(/C=C(\C#N)C(=O)N1CCC[C@@H](n2nc(-c3ccc(Oc4ccccc4)cc3F)c3c(N)ncnc32)C1)N1CCn2ccnc2C1. The highest BCUT2D eigenvalue weighted by Crippen LogP contribution is 2.36. The minimum absolute atomic E-state index is 0.0898. The van der Waals surface area contributed by atoms with Crippen molar-refractivity contribution in [1.29, 1.82) is 5.26 Å². The summed E-state index contributed by atoms with van der Waals surface area (Å²) in [4.78, 5) is 30.8. The maximum Gasteiger partial charge on any atom is 0.264 e. The van der Waals surface area contributed by atoms with Gasteiger partial charge < -0.3 is 19.9 Å². The molecule has 0 saturated carbocycles. The first-order valence-corrected chi connectivity index (χ1v) is 15.9. The molecule has 2 N–H and O–H groups in total. The number of benzene rings is 2. The summed E-state index contributed by atoms with van der Waals surface area (Å²) in [6.45, 7) is 7.00. The second-order valence-corrected chi connectivity index (χ2v) is 12.6. The van der Waals surface area contributed by atoms with Crippen LogP contribution in [-0.2, 0) is 17.9 Å². The number of rotatable bonds is 7. The molecule has 244 valence electrons. The van der Waals surface area contributed by atoms with Crippen molar-refractivity contribution < 1.29 is 13.9 Å². The molecule has 0 bridgehead atoms. The molecular formula is C35H35FN10O2. The molecule has 1 fully saturated rings. The maximum atomic E-state index is 15.7. The maximum absolute atomic E-state index is 15.7. The smallest absolute Gasteiger partial charge is 0.264 e. The first-order chi connectivity index (χ1) is 23.2. The lowest BCUT2D eigenvalue weighted by molar-refractivity contribution is -0.128. The fourth-order valence-electron chi connectivity index (χ4n) is 6.58. The number of hydrogen-bond acceptors (Lipinski definition) is 9. The van der Waals surface area contributed by atoms with E-state index in [4.69, 9.17) is 15.6 Å². The molecular weight excluding hydrogens is 611 g/mol. The van der Waals surface area contributed by atoms with Crippen LogP contribution in [0.25, 0.3) is 22.3 Å². The number of para-hydroxylation sites is 1. The van der Waals surface area contributed by atoms with E-state index in [0.717, 1.165) is 18.9 Å². The quantitative estimate of drug-likeness (QED) is 0.188. The first kappa shape index (κ1) is 31.0. The Balaban J connectivity index is 1.15. The van der Waals surface area contributed by atoms with E-state index in [2.05, 4.69) is 30.5 Å². The van der Waals surface area contributed by atoms with Crippen molar-refractivity contribution in [3.63, 3.8) is 0 Å². The predicted octanol–water partition coefficient (Wildman–Crippen LogP) is 5.11. The summed E-state index contributed by atoms with van der Waals surface area (Å²) in [5.41, 5.74) is 6.83. The van der Waals surface area contributed by atoms with Gasteiger partial charge in [0, 0.05) is 55.7 Å².